The molecular weight excluding hydrogens is 366 g/mol. The van der Waals surface area contributed by atoms with Gasteiger partial charge in [0.05, 0.1) is 17.9 Å². The van der Waals surface area contributed by atoms with Crippen LogP contribution in [-0.4, -0.2) is 24.0 Å². The summed E-state index contributed by atoms with van der Waals surface area (Å²) in [6, 6.07) is 16.2. The van der Waals surface area contributed by atoms with Crippen molar-refractivity contribution in [3.63, 3.8) is 0 Å². The first-order chi connectivity index (χ1) is 13.8. The zero-order valence-electron chi connectivity index (χ0n) is 16.7. The molecule has 2 aromatic carbocycles. The van der Waals surface area contributed by atoms with Crippen LogP contribution in [0, 0.1) is 11.3 Å². The van der Waals surface area contributed by atoms with E-state index in [0.717, 1.165) is 17.5 Å². The maximum Gasteiger partial charge on any atom is 0.338 e. The molecule has 1 amide bonds. The zero-order chi connectivity index (χ0) is 21.0. The van der Waals surface area contributed by atoms with Crippen LogP contribution in [0.3, 0.4) is 0 Å². The SMILES string of the molecule is CCOC(=O)c1cccc(NC(=O)/C(C#N)=C2\NC(C)(C)Cc3ccccc32)c1. The van der Waals surface area contributed by atoms with Gasteiger partial charge in [0.25, 0.3) is 5.91 Å². The Morgan fingerprint density at radius 1 is 1.21 bits per heavy atom. The molecule has 29 heavy (non-hydrogen) atoms. The van der Waals surface area contributed by atoms with Crippen molar-refractivity contribution < 1.29 is 14.3 Å². The first kappa shape index (κ1) is 20.2. The maximum absolute atomic E-state index is 12.9. The maximum atomic E-state index is 12.9. The largest absolute Gasteiger partial charge is 0.462 e. The Morgan fingerprint density at radius 3 is 2.69 bits per heavy atom. The number of ether oxygens (including phenoxy) is 1. The quantitative estimate of drug-likeness (QED) is 0.473. The molecule has 0 spiro atoms. The zero-order valence-corrected chi connectivity index (χ0v) is 16.7. The van der Waals surface area contributed by atoms with Gasteiger partial charge in [0.15, 0.2) is 0 Å². The number of nitriles is 1. The van der Waals surface area contributed by atoms with E-state index in [1.807, 2.05) is 44.2 Å². The molecule has 0 saturated carbocycles. The number of hydrogen-bond donors (Lipinski definition) is 2. The third-order valence-corrected chi connectivity index (χ3v) is 4.60. The number of carbonyl (C=O) groups excluding carboxylic acids is 2. The van der Waals surface area contributed by atoms with Crippen molar-refractivity contribution in [3.05, 3.63) is 70.8 Å². The second kappa shape index (κ2) is 8.19. The average molecular weight is 389 g/mol. The van der Waals surface area contributed by atoms with Gasteiger partial charge in [0.2, 0.25) is 0 Å². The number of nitrogens with one attached hydrogen (secondary N) is 2. The van der Waals surface area contributed by atoms with E-state index in [0.29, 0.717) is 16.9 Å². The first-order valence-corrected chi connectivity index (χ1v) is 9.44. The van der Waals surface area contributed by atoms with Crippen LogP contribution in [0.25, 0.3) is 5.70 Å². The number of esters is 1. The van der Waals surface area contributed by atoms with Crippen molar-refractivity contribution in [2.75, 3.05) is 11.9 Å². The molecule has 0 unspecified atom stereocenters. The minimum atomic E-state index is -0.538. The summed E-state index contributed by atoms with van der Waals surface area (Å²) in [6.45, 7) is 6.05. The molecule has 0 aliphatic carbocycles. The predicted octanol–water partition coefficient (Wildman–Crippen LogP) is 3.66. The molecule has 1 aliphatic heterocycles. The lowest BCUT2D eigenvalue weighted by Crippen LogP contribution is -2.44. The Morgan fingerprint density at radius 2 is 1.97 bits per heavy atom. The Kier molecular flexibility index (Phi) is 5.69. The highest BCUT2D eigenvalue weighted by Gasteiger charge is 2.31. The predicted molar refractivity (Wildman–Crippen MR) is 111 cm³/mol. The van der Waals surface area contributed by atoms with E-state index in [9.17, 15) is 14.9 Å². The Labute approximate surface area is 170 Å². The standard InChI is InChI=1S/C23H23N3O3/c1-4-29-22(28)15-9-7-10-17(12-15)25-21(27)19(14-24)20-18-11-6-5-8-16(18)13-23(2,3)26-20/h5-12,26H,4,13H2,1-3H3,(H,25,27)/b20-19-. The molecular formula is C23H23N3O3. The van der Waals surface area contributed by atoms with Crippen LogP contribution in [-0.2, 0) is 16.0 Å². The number of hydrogen-bond acceptors (Lipinski definition) is 5. The van der Waals surface area contributed by atoms with Crippen LogP contribution in [0.1, 0.15) is 42.3 Å². The summed E-state index contributed by atoms with van der Waals surface area (Å²) >= 11 is 0. The number of nitrogens with zero attached hydrogens (tertiary/aromatic N) is 1. The molecule has 0 radical (unpaired) electrons. The number of fused-ring (bicyclic) bond motifs is 1. The van der Waals surface area contributed by atoms with Gasteiger partial charge in [-0.1, -0.05) is 30.3 Å². The van der Waals surface area contributed by atoms with Crippen LogP contribution >= 0.6 is 0 Å². The highest BCUT2D eigenvalue weighted by molar-refractivity contribution is 6.12. The fraction of sp³-hybridized carbons (Fsp3) is 0.261. The normalized spacial score (nSPS) is 15.9. The molecule has 1 aliphatic rings. The molecule has 0 aromatic heterocycles. The van der Waals surface area contributed by atoms with Crippen molar-refractivity contribution in [2.24, 2.45) is 0 Å². The molecule has 6 nitrogen and oxygen atoms in total. The Hall–Kier alpha value is -3.59. The number of amides is 1. The molecule has 0 bridgehead atoms. The molecule has 0 atom stereocenters. The molecule has 0 fully saturated rings. The molecule has 148 valence electrons. The Bertz CT molecular complexity index is 1030. The van der Waals surface area contributed by atoms with Gasteiger partial charge in [-0.05, 0) is 51.0 Å². The van der Waals surface area contributed by atoms with Gasteiger partial charge in [-0.25, -0.2) is 4.79 Å². The van der Waals surface area contributed by atoms with Gasteiger partial charge >= 0.3 is 5.97 Å². The number of rotatable bonds is 4. The molecule has 2 N–H and O–H groups in total. The summed E-state index contributed by atoms with van der Waals surface area (Å²) in [4.78, 5) is 24.8. The number of benzene rings is 2. The lowest BCUT2D eigenvalue weighted by atomic mass is 9.84. The van der Waals surface area contributed by atoms with Crippen LogP contribution in [0.2, 0.25) is 0 Å². The monoisotopic (exact) mass is 389 g/mol. The molecule has 0 saturated heterocycles. The molecule has 6 heteroatoms. The Balaban J connectivity index is 1.95. The van der Waals surface area contributed by atoms with E-state index >= 15 is 0 Å². The van der Waals surface area contributed by atoms with Crippen LogP contribution in [0.4, 0.5) is 5.69 Å². The second-order valence-corrected chi connectivity index (χ2v) is 7.46. The molecule has 1 heterocycles. The van der Waals surface area contributed by atoms with E-state index in [2.05, 4.69) is 10.6 Å². The average Bonchev–Trinajstić information content (AvgIpc) is 2.68. The highest BCUT2D eigenvalue weighted by Crippen LogP contribution is 2.31. The van der Waals surface area contributed by atoms with Crippen LogP contribution < -0.4 is 10.6 Å². The summed E-state index contributed by atoms with van der Waals surface area (Å²) in [5.41, 5.74) is 2.88. The molecule has 2 aromatic rings. The first-order valence-electron chi connectivity index (χ1n) is 9.44. The fourth-order valence-electron chi connectivity index (χ4n) is 3.39. The lowest BCUT2D eigenvalue weighted by molar-refractivity contribution is -0.112. The van der Waals surface area contributed by atoms with Crippen molar-refractivity contribution in [1.82, 2.24) is 5.32 Å². The summed E-state index contributed by atoms with van der Waals surface area (Å²) in [6.07, 6.45) is 0.786. The summed E-state index contributed by atoms with van der Waals surface area (Å²) in [5, 5.41) is 15.8. The van der Waals surface area contributed by atoms with E-state index in [4.69, 9.17) is 4.74 Å². The van der Waals surface area contributed by atoms with Gasteiger partial charge in [0, 0.05) is 16.8 Å². The van der Waals surface area contributed by atoms with Crippen molar-refractivity contribution in [3.8, 4) is 6.07 Å². The van der Waals surface area contributed by atoms with Crippen LogP contribution in [0.5, 0.6) is 0 Å². The van der Waals surface area contributed by atoms with Crippen molar-refractivity contribution in [2.45, 2.75) is 32.7 Å². The summed E-state index contributed by atoms with van der Waals surface area (Å²) in [7, 11) is 0. The smallest absolute Gasteiger partial charge is 0.338 e. The third-order valence-electron chi connectivity index (χ3n) is 4.60. The van der Waals surface area contributed by atoms with Crippen LogP contribution in [0.15, 0.2) is 54.1 Å². The number of carbonyl (C=O) groups is 2. The summed E-state index contributed by atoms with van der Waals surface area (Å²) in [5.74, 6) is -1.00. The minimum absolute atomic E-state index is 0.00763. The summed E-state index contributed by atoms with van der Waals surface area (Å²) < 4.78 is 4.99. The van der Waals surface area contributed by atoms with E-state index in [1.165, 1.54) is 6.07 Å². The van der Waals surface area contributed by atoms with Gasteiger partial charge in [-0.2, -0.15) is 5.26 Å². The van der Waals surface area contributed by atoms with E-state index in [1.54, 1.807) is 25.1 Å². The third kappa shape index (κ3) is 4.46. The van der Waals surface area contributed by atoms with Gasteiger partial charge in [-0.3, -0.25) is 4.79 Å². The van der Waals surface area contributed by atoms with Crippen molar-refractivity contribution >= 4 is 23.3 Å². The number of anilines is 1. The van der Waals surface area contributed by atoms with Gasteiger partial charge < -0.3 is 15.4 Å². The van der Waals surface area contributed by atoms with Gasteiger partial charge in [0.1, 0.15) is 11.6 Å². The van der Waals surface area contributed by atoms with Crippen molar-refractivity contribution in [1.29, 1.82) is 5.26 Å². The highest BCUT2D eigenvalue weighted by atomic mass is 16.5. The van der Waals surface area contributed by atoms with E-state index in [-0.39, 0.29) is 17.7 Å². The van der Waals surface area contributed by atoms with Gasteiger partial charge in [-0.15, -0.1) is 0 Å². The second-order valence-electron chi connectivity index (χ2n) is 7.46. The molecule has 3 rings (SSSR count). The van der Waals surface area contributed by atoms with E-state index < -0.39 is 11.9 Å². The minimum Gasteiger partial charge on any atom is -0.462 e. The lowest BCUT2D eigenvalue weighted by Gasteiger charge is -2.36. The fourth-order valence-corrected chi connectivity index (χ4v) is 3.39. The topological polar surface area (TPSA) is 91.2 Å².